The summed E-state index contributed by atoms with van der Waals surface area (Å²) in [5, 5.41) is 14.1. The van der Waals surface area contributed by atoms with Crippen molar-refractivity contribution in [1.82, 2.24) is 5.32 Å². The first-order chi connectivity index (χ1) is 14.9. The molecule has 1 aliphatic heterocycles. The molecule has 1 heterocycles. The van der Waals surface area contributed by atoms with Gasteiger partial charge in [-0.1, -0.05) is 12.1 Å². The number of nitro groups is 1. The van der Waals surface area contributed by atoms with Crippen molar-refractivity contribution < 1.29 is 28.4 Å². The Labute approximate surface area is 177 Å². The molecule has 0 saturated carbocycles. The summed E-state index contributed by atoms with van der Waals surface area (Å²) in [6, 6.07) is 10.0. The Balaban J connectivity index is 1.52. The molecule has 1 aliphatic rings. The summed E-state index contributed by atoms with van der Waals surface area (Å²) in [5.41, 5.74) is 1.04. The Morgan fingerprint density at radius 2 is 1.87 bits per heavy atom. The SMILES string of the molecule is O=C(COC(=O)c1ccc(N2CCOCC2)c([N+](=O)[O-])c1)NCCc1ccc(F)cc1. The van der Waals surface area contributed by atoms with E-state index in [0.717, 1.165) is 11.6 Å². The van der Waals surface area contributed by atoms with Crippen molar-refractivity contribution >= 4 is 23.3 Å². The Morgan fingerprint density at radius 1 is 1.16 bits per heavy atom. The molecule has 9 nitrogen and oxygen atoms in total. The highest BCUT2D eigenvalue weighted by atomic mass is 19.1. The van der Waals surface area contributed by atoms with Crippen molar-refractivity contribution in [1.29, 1.82) is 0 Å². The summed E-state index contributed by atoms with van der Waals surface area (Å²) in [6.45, 7) is 1.75. The summed E-state index contributed by atoms with van der Waals surface area (Å²) in [5.74, 6) is -1.67. The van der Waals surface area contributed by atoms with Gasteiger partial charge in [0.25, 0.3) is 11.6 Å². The molecule has 0 aromatic heterocycles. The molecular weight excluding hydrogens is 409 g/mol. The van der Waals surface area contributed by atoms with Crippen molar-refractivity contribution in [2.24, 2.45) is 0 Å². The maximum absolute atomic E-state index is 12.9. The van der Waals surface area contributed by atoms with Gasteiger partial charge in [-0.15, -0.1) is 0 Å². The molecule has 10 heteroatoms. The van der Waals surface area contributed by atoms with Gasteiger partial charge >= 0.3 is 5.97 Å². The predicted molar refractivity (Wildman–Crippen MR) is 110 cm³/mol. The number of anilines is 1. The van der Waals surface area contributed by atoms with E-state index in [0.29, 0.717) is 45.0 Å². The molecule has 1 fully saturated rings. The average molecular weight is 431 g/mol. The second kappa shape index (κ2) is 10.5. The number of nitrogens with zero attached hydrogens (tertiary/aromatic N) is 2. The van der Waals surface area contributed by atoms with Gasteiger partial charge in [-0.2, -0.15) is 0 Å². The minimum absolute atomic E-state index is 0.0113. The van der Waals surface area contributed by atoms with Crippen LogP contribution in [0.5, 0.6) is 0 Å². The number of halogens is 1. The number of rotatable bonds is 8. The number of benzene rings is 2. The molecule has 2 aromatic carbocycles. The molecule has 2 aromatic rings. The van der Waals surface area contributed by atoms with Crippen molar-refractivity contribution in [2.75, 3.05) is 44.4 Å². The molecule has 3 rings (SSSR count). The van der Waals surface area contributed by atoms with Crippen LogP contribution in [0.1, 0.15) is 15.9 Å². The molecule has 164 valence electrons. The Hall–Kier alpha value is -3.53. The first kappa shape index (κ1) is 22.2. The number of hydrogen-bond donors (Lipinski definition) is 1. The third-order valence-corrected chi connectivity index (χ3v) is 4.74. The highest BCUT2D eigenvalue weighted by molar-refractivity contribution is 5.93. The molecule has 0 radical (unpaired) electrons. The minimum atomic E-state index is -0.828. The lowest BCUT2D eigenvalue weighted by Crippen LogP contribution is -2.36. The van der Waals surface area contributed by atoms with Crippen LogP contribution in [0.15, 0.2) is 42.5 Å². The van der Waals surface area contributed by atoms with Crippen molar-refractivity contribution in [3.05, 3.63) is 69.5 Å². The first-order valence-electron chi connectivity index (χ1n) is 9.73. The average Bonchev–Trinajstić information content (AvgIpc) is 2.79. The molecule has 31 heavy (non-hydrogen) atoms. The van der Waals surface area contributed by atoms with E-state index in [9.17, 15) is 24.1 Å². The van der Waals surface area contributed by atoms with E-state index in [2.05, 4.69) is 5.32 Å². The number of ether oxygens (including phenoxy) is 2. The maximum atomic E-state index is 12.9. The lowest BCUT2D eigenvalue weighted by atomic mass is 10.1. The van der Waals surface area contributed by atoms with Gasteiger partial charge in [0.05, 0.1) is 23.7 Å². The fraction of sp³-hybridized carbons (Fsp3) is 0.333. The quantitative estimate of drug-likeness (QED) is 0.387. The van der Waals surface area contributed by atoms with E-state index in [1.165, 1.54) is 24.3 Å². The monoisotopic (exact) mass is 431 g/mol. The molecule has 0 aliphatic carbocycles. The number of nitrogens with one attached hydrogen (secondary N) is 1. The van der Waals surface area contributed by atoms with Crippen LogP contribution in [0, 0.1) is 15.9 Å². The molecule has 0 bridgehead atoms. The number of amides is 1. The van der Waals surface area contributed by atoms with Crippen LogP contribution in [0.4, 0.5) is 15.8 Å². The van der Waals surface area contributed by atoms with Gasteiger partial charge in [0, 0.05) is 25.7 Å². The highest BCUT2D eigenvalue weighted by Crippen LogP contribution is 2.30. The van der Waals surface area contributed by atoms with Crippen LogP contribution in [0.25, 0.3) is 0 Å². The van der Waals surface area contributed by atoms with Gasteiger partial charge in [-0.3, -0.25) is 14.9 Å². The predicted octanol–water partition coefficient (Wildman–Crippen LogP) is 2.09. The van der Waals surface area contributed by atoms with Gasteiger partial charge < -0.3 is 19.7 Å². The van der Waals surface area contributed by atoms with E-state index in [-0.39, 0.29) is 17.1 Å². The fourth-order valence-electron chi connectivity index (χ4n) is 3.13. The standard InChI is InChI=1S/C21H22FN3O6/c22-17-4-1-15(2-5-17)7-8-23-20(26)14-31-21(27)16-3-6-18(19(13-16)25(28)29)24-9-11-30-12-10-24/h1-6,13H,7-12,14H2,(H,23,26). The van der Waals surface area contributed by atoms with Gasteiger partial charge in [0.2, 0.25) is 0 Å². The second-order valence-electron chi connectivity index (χ2n) is 6.86. The molecule has 1 amide bonds. The Bertz CT molecular complexity index is 945. The number of carbonyl (C=O) groups excluding carboxylic acids is 2. The van der Waals surface area contributed by atoms with Crippen LogP contribution in [-0.2, 0) is 20.7 Å². The van der Waals surface area contributed by atoms with Crippen molar-refractivity contribution in [3.63, 3.8) is 0 Å². The molecular formula is C21H22FN3O6. The lowest BCUT2D eigenvalue weighted by Gasteiger charge is -2.28. The molecule has 1 saturated heterocycles. The van der Waals surface area contributed by atoms with Crippen LogP contribution in [0.2, 0.25) is 0 Å². The minimum Gasteiger partial charge on any atom is -0.452 e. The lowest BCUT2D eigenvalue weighted by molar-refractivity contribution is -0.384. The number of morpholine rings is 1. The maximum Gasteiger partial charge on any atom is 0.338 e. The van der Waals surface area contributed by atoms with Gasteiger partial charge in [0.15, 0.2) is 6.61 Å². The van der Waals surface area contributed by atoms with Crippen LogP contribution >= 0.6 is 0 Å². The van der Waals surface area contributed by atoms with E-state index in [1.807, 2.05) is 4.90 Å². The fourth-order valence-corrected chi connectivity index (χ4v) is 3.13. The third-order valence-electron chi connectivity index (χ3n) is 4.74. The summed E-state index contributed by atoms with van der Waals surface area (Å²) in [7, 11) is 0. The largest absolute Gasteiger partial charge is 0.452 e. The van der Waals surface area contributed by atoms with Crippen molar-refractivity contribution in [3.8, 4) is 0 Å². The van der Waals surface area contributed by atoms with Crippen LogP contribution in [-0.4, -0.2) is 56.3 Å². The van der Waals surface area contributed by atoms with E-state index < -0.39 is 23.4 Å². The number of esters is 1. The summed E-state index contributed by atoms with van der Waals surface area (Å²) < 4.78 is 23.1. The van der Waals surface area contributed by atoms with E-state index in [4.69, 9.17) is 9.47 Å². The zero-order chi connectivity index (χ0) is 22.2. The summed E-state index contributed by atoms with van der Waals surface area (Å²) in [6.07, 6.45) is 0.495. The van der Waals surface area contributed by atoms with Gasteiger partial charge in [-0.25, -0.2) is 9.18 Å². The number of carbonyl (C=O) groups is 2. The highest BCUT2D eigenvalue weighted by Gasteiger charge is 2.24. The zero-order valence-electron chi connectivity index (χ0n) is 16.7. The van der Waals surface area contributed by atoms with Gasteiger partial charge in [0.1, 0.15) is 11.5 Å². The zero-order valence-corrected chi connectivity index (χ0v) is 16.7. The van der Waals surface area contributed by atoms with Crippen LogP contribution in [0.3, 0.4) is 0 Å². The molecule has 0 unspecified atom stereocenters. The number of nitro benzene ring substituents is 1. The van der Waals surface area contributed by atoms with Crippen molar-refractivity contribution in [2.45, 2.75) is 6.42 Å². The smallest absolute Gasteiger partial charge is 0.338 e. The molecule has 0 spiro atoms. The van der Waals surface area contributed by atoms with Crippen LogP contribution < -0.4 is 10.2 Å². The molecule has 1 N–H and O–H groups in total. The third kappa shape index (κ3) is 6.22. The Morgan fingerprint density at radius 3 is 2.55 bits per heavy atom. The Kier molecular flexibility index (Phi) is 7.50. The van der Waals surface area contributed by atoms with Gasteiger partial charge in [-0.05, 0) is 36.2 Å². The second-order valence-corrected chi connectivity index (χ2v) is 6.86. The number of hydrogen-bond acceptors (Lipinski definition) is 7. The topological polar surface area (TPSA) is 111 Å². The summed E-state index contributed by atoms with van der Waals surface area (Å²) in [4.78, 5) is 36.9. The molecule has 0 atom stereocenters. The van der Waals surface area contributed by atoms with E-state index in [1.54, 1.807) is 12.1 Å². The van der Waals surface area contributed by atoms with E-state index >= 15 is 0 Å². The summed E-state index contributed by atoms with van der Waals surface area (Å²) >= 11 is 0. The first-order valence-corrected chi connectivity index (χ1v) is 9.73. The normalized spacial score (nSPS) is 13.5.